The van der Waals surface area contributed by atoms with E-state index in [9.17, 15) is 24.0 Å². The SMILES string of the molecule is C=CCNC(=O)C(=O)C(CCC)NC(=O)C1C2C(CN1C(=O)C(NC(=O)OC1CCC(C)C1)C(C)(C)C)C2(C)C. The highest BCUT2D eigenvalue weighted by atomic mass is 16.6. The summed E-state index contributed by atoms with van der Waals surface area (Å²) in [4.78, 5) is 67.3. The first-order valence-electron chi connectivity index (χ1n) is 14.6. The van der Waals surface area contributed by atoms with Crippen molar-refractivity contribution >= 4 is 29.6 Å². The average Bonchev–Trinajstić information content (AvgIpc) is 3.21. The number of nitrogens with zero attached hydrogens (tertiary/aromatic N) is 1. The predicted molar refractivity (Wildman–Crippen MR) is 151 cm³/mol. The highest BCUT2D eigenvalue weighted by Gasteiger charge is 2.70. The van der Waals surface area contributed by atoms with Crippen LogP contribution in [0.2, 0.25) is 0 Å². The summed E-state index contributed by atoms with van der Waals surface area (Å²) in [5, 5.41) is 8.06. The van der Waals surface area contributed by atoms with Crippen molar-refractivity contribution in [1.82, 2.24) is 20.9 Å². The summed E-state index contributed by atoms with van der Waals surface area (Å²) in [6, 6.07) is -2.72. The lowest BCUT2D eigenvalue weighted by Crippen LogP contribution is -2.60. The van der Waals surface area contributed by atoms with Crippen molar-refractivity contribution in [2.24, 2.45) is 28.6 Å². The number of ether oxygens (including phenoxy) is 1. The lowest BCUT2D eigenvalue weighted by molar-refractivity contribution is -0.145. The fourth-order valence-electron chi connectivity index (χ4n) is 6.42. The highest BCUT2D eigenvalue weighted by Crippen LogP contribution is 2.65. The Balaban J connectivity index is 1.78. The average molecular weight is 561 g/mol. The van der Waals surface area contributed by atoms with Gasteiger partial charge in [0.1, 0.15) is 18.2 Å². The van der Waals surface area contributed by atoms with Gasteiger partial charge in [0.2, 0.25) is 17.6 Å². The zero-order chi connectivity index (χ0) is 30.0. The van der Waals surface area contributed by atoms with Crippen molar-refractivity contribution in [2.45, 2.75) is 105 Å². The number of nitrogens with one attached hydrogen (secondary N) is 3. The molecule has 0 aromatic rings. The summed E-state index contributed by atoms with van der Waals surface area (Å²) in [5.74, 6) is -1.79. The van der Waals surface area contributed by atoms with Gasteiger partial charge in [-0.15, -0.1) is 6.58 Å². The predicted octanol–water partition coefficient (Wildman–Crippen LogP) is 2.96. The number of carbonyl (C=O) groups is 5. The molecule has 2 aliphatic carbocycles. The number of fused-ring (bicyclic) bond motifs is 1. The molecule has 4 amide bonds. The number of ketones is 1. The Morgan fingerprint density at radius 3 is 2.35 bits per heavy atom. The van der Waals surface area contributed by atoms with E-state index in [2.05, 4.69) is 43.3 Å². The summed E-state index contributed by atoms with van der Waals surface area (Å²) in [6.45, 7) is 17.8. The topological polar surface area (TPSA) is 134 Å². The van der Waals surface area contributed by atoms with Gasteiger partial charge >= 0.3 is 6.09 Å². The Labute approximate surface area is 238 Å². The van der Waals surface area contributed by atoms with Crippen LogP contribution < -0.4 is 16.0 Å². The van der Waals surface area contributed by atoms with E-state index >= 15 is 0 Å². The van der Waals surface area contributed by atoms with Crippen molar-refractivity contribution in [1.29, 1.82) is 0 Å². The molecule has 10 nitrogen and oxygen atoms in total. The van der Waals surface area contributed by atoms with Gasteiger partial charge in [0.15, 0.2) is 0 Å². The maximum Gasteiger partial charge on any atom is 0.408 e. The molecule has 7 atom stereocenters. The molecular formula is C30H48N4O6. The Morgan fingerprint density at radius 2 is 1.80 bits per heavy atom. The van der Waals surface area contributed by atoms with E-state index in [4.69, 9.17) is 4.74 Å². The smallest absolute Gasteiger partial charge is 0.408 e. The van der Waals surface area contributed by atoms with Crippen LogP contribution >= 0.6 is 0 Å². The van der Waals surface area contributed by atoms with Crippen LogP contribution in [0.4, 0.5) is 4.79 Å². The van der Waals surface area contributed by atoms with Crippen LogP contribution in [-0.2, 0) is 23.9 Å². The van der Waals surface area contributed by atoms with Gasteiger partial charge < -0.3 is 25.6 Å². The van der Waals surface area contributed by atoms with Crippen LogP contribution in [-0.4, -0.2) is 71.8 Å². The molecule has 0 spiro atoms. The quantitative estimate of drug-likeness (QED) is 0.263. The summed E-state index contributed by atoms with van der Waals surface area (Å²) in [7, 11) is 0. The van der Waals surface area contributed by atoms with Crippen LogP contribution in [0.1, 0.15) is 80.6 Å². The maximum atomic E-state index is 14.0. The minimum absolute atomic E-state index is 0.0871. The third-order valence-electron chi connectivity index (χ3n) is 8.90. The van der Waals surface area contributed by atoms with Crippen LogP contribution in [0.5, 0.6) is 0 Å². The van der Waals surface area contributed by atoms with Gasteiger partial charge in [-0.05, 0) is 54.3 Å². The third kappa shape index (κ3) is 6.86. The van der Waals surface area contributed by atoms with Crippen LogP contribution in [0, 0.1) is 28.6 Å². The largest absolute Gasteiger partial charge is 0.446 e. The molecular weight excluding hydrogens is 512 g/mol. The molecule has 7 unspecified atom stereocenters. The molecule has 0 aromatic heterocycles. The molecule has 1 heterocycles. The fourth-order valence-corrected chi connectivity index (χ4v) is 6.42. The van der Waals surface area contributed by atoms with Gasteiger partial charge in [0.25, 0.3) is 5.91 Å². The van der Waals surface area contributed by atoms with Crippen molar-refractivity contribution in [3.05, 3.63) is 12.7 Å². The number of hydrogen-bond acceptors (Lipinski definition) is 6. The molecule has 2 saturated carbocycles. The van der Waals surface area contributed by atoms with E-state index in [1.165, 1.54) is 6.08 Å². The van der Waals surface area contributed by atoms with E-state index in [0.29, 0.717) is 25.3 Å². The molecule has 0 bridgehead atoms. The standard InChI is InChI=1S/C30H48N4O6/c1-9-11-20(23(35)26(37)31-14-10-2)32-25(36)22-21-19(30(21,7)8)16-34(22)27(38)24(29(4,5)6)33-28(39)40-18-13-12-17(3)15-18/h10,17-22,24H,2,9,11-16H2,1,3-8H3,(H,31,37)(H,32,36)(H,33,39). The van der Waals surface area contributed by atoms with Crippen LogP contribution in [0.25, 0.3) is 0 Å². The minimum atomic E-state index is -1.000. The van der Waals surface area contributed by atoms with Crippen LogP contribution in [0.3, 0.4) is 0 Å². The van der Waals surface area contributed by atoms with E-state index in [1.54, 1.807) is 4.90 Å². The Kier molecular flexibility index (Phi) is 9.73. The van der Waals surface area contributed by atoms with E-state index in [-0.39, 0.29) is 35.8 Å². The molecule has 0 radical (unpaired) electrons. The molecule has 224 valence electrons. The Bertz CT molecular complexity index is 1020. The summed E-state index contributed by atoms with van der Waals surface area (Å²) < 4.78 is 5.63. The van der Waals surface area contributed by atoms with E-state index in [0.717, 1.165) is 19.3 Å². The molecule has 40 heavy (non-hydrogen) atoms. The molecule has 3 fully saturated rings. The molecule has 3 aliphatic rings. The first-order chi connectivity index (χ1) is 18.6. The number of alkyl carbamates (subject to hydrolysis) is 1. The molecule has 10 heteroatoms. The number of piperidine rings is 1. The van der Waals surface area contributed by atoms with Crippen molar-refractivity contribution in [3.63, 3.8) is 0 Å². The van der Waals surface area contributed by atoms with Gasteiger partial charge in [-0.3, -0.25) is 19.2 Å². The summed E-state index contributed by atoms with van der Waals surface area (Å²) in [5.41, 5.74) is -0.792. The molecule has 3 N–H and O–H groups in total. The molecule has 1 saturated heterocycles. The second-order valence-corrected chi connectivity index (χ2v) is 13.5. The second-order valence-electron chi connectivity index (χ2n) is 13.5. The van der Waals surface area contributed by atoms with Gasteiger partial charge in [-0.2, -0.15) is 0 Å². The second kappa shape index (κ2) is 12.3. The number of likely N-dealkylation sites (tertiary alicyclic amines) is 1. The zero-order valence-electron chi connectivity index (χ0n) is 25.2. The van der Waals surface area contributed by atoms with Gasteiger partial charge in [-0.1, -0.05) is 61.0 Å². The monoisotopic (exact) mass is 560 g/mol. The number of hydrogen-bond donors (Lipinski definition) is 3. The Hall–Kier alpha value is -2.91. The lowest BCUT2D eigenvalue weighted by Gasteiger charge is -2.37. The van der Waals surface area contributed by atoms with Crippen LogP contribution in [0.15, 0.2) is 12.7 Å². The summed E-state index contributed by atoms with van der Waals surface area (Å²) >= 11 is 0. The molecule has 0 aromatic carbocycles. The van der Waals surface area contributed by atoms with Gasteiger partial charge in [-0.25, -0.2) is 4.79 Å². The van der Waals surface area contributed by atoms with Crippen molar-refractivity contribution in [2.75, 3.05) is 13.1 Å². The van der Waals surface area contributed by atoms with Crippen molar-refractivity contribution in [3.8, 4) is 0 Å². The van der Waals surface area contributed by atoms with E-state index < -0.39 is 47.2 Å². The van der Waals surface area contributed by atoms with Crippen molar-refractivity contribution < 1.29 is 28.7 Å². The molecule has 1 aliphatic heterocycles. The van der Waals surface area contributed by atoms with Gasteiger partial charge in [0.05, 0.1) is 6.04 Å². The maximum absolute atomic E-state index is 14.0. The molecule has 3 rings (SSSR count). The number of carbonyl (C=O) groups excluding carboxylic acids is 5. The zero-order valence-corrected chi connectivity index (χ0v) is 25.2. The lowest BCUT2D eigenvalue weighted by atomic mass is 9.85. The first kappa shape index (κ1) is 31.6. The fraction of sp³-hybridized carbons (Fsp3) is 0.767. The van der Waals surface area contributed by atoms with Gasteiger partial charge in [0, 0.05) is 13.1 Å². The van der Waals surface area contributed by atoms with E-state index in [1.807, 2.05) is 27.7 Å². The number of Topliss-reactive ketones (excluding diaryl/α,β-unsaturated/α-hetero) is 1. The number of amides is 4. The minimum Gasteiger partial charge on any atom is -0.446 e. The Morgan fingerprint density at radius 1 is 1.12 bits per heavy atom. The summed E-state index contributed by atoms with van der Waals surface area (Å²) in [6.07, 6.45) is 4.16. The third-order valence-corrected chi connectivity index (χ3v) is 8.90. The number of rotatable bonds is 11. The highest BCUT2D eigenvalue weighted by molar-refractivity contribution is 6.38. The first-order valence-corrected chi connectivity index (χ1v) is 14.6. The normalized spacial score (nSPS) is 28.1.